The zero-order valence-electron chi connectivity index (χ0n) is 12.4. The molecule has 0 atom stereocenters. The normalized spacial score (nSPS) is 22.7. The molecule has 0 bridgehead atoms. The lowest BCUT2D eigenvalue weighted by molar-refractivity contribution is -0.134. The molecule has 2 saturated heterocycles. The number of likely N-dealkylation sites (tertiary alicyclic amines) is 2. The van der Waals surface area contributed by atoms with Crippen LogP contribution in [0.1, 0.15) is 40.5 Å². The smallest absolute Gasteiger partial charge is 0.410 e. The van der Waals surface area contributed by atoms with Gasteiger partial charge in [-0.1, -0.05) is 6.92 Å². The minimum Gasteiger partial charge on any atom is -0.444 e. The van der Waals surface area contributed by atoms with Crippen LogP contribution in [0.2, 0.25) is 0 Å². The summed E-state index contributed by atoms with van der Waals surface area (Å²) in [6.07, 6.45) is 1.33. The van der Waals surface area contributed by atoms with E-state index in [1.165, 1.54) is 0 Å². The number of nitrogens with zero attached hydrogens (tertiary/aromatic N) is 2. The van der Waals surface area contributed by atoms with Crippen molar-refractivity contribution in [3.63, 3.8) is 0 Å². The topological polar surface area (TPSA) is 49.9 Å². The molecule has 0 unspecified atom stereocenters. The molecule has 1 amide bonds. The molecule has 1 spiro atoms. The van der Waals surface area contributed by atoms with Gasteiger partial charge in [-0.25, -0.2) is 4.79 Å². The van der Waals surface area contributed by atoms with E-state index < -0.39 is 11.1 Å². The molecule has 2 fully saturated rings. The van der Waals surface area contributed by atoms with Crippen LogP contribution in [0.4, 0.5) is 4.79 Å². The zero-order chi connectivity index (χ0) is 14.3. The number of ether oxygens (including phenoxy) is 1. The molecule has 2 aliphatic heterocycles. The molecular weight excluding hydrogens is 244 g/mol. The zero-order valence-corrected chi connectivity index (χ0v) is 12.4. The molecule has 0 aromatic rings. The van der Waals surface area contributed by atoms with Crippen LogP contribution in [0.15, 0.2) is 0 Å². The second kappa shape index (κ2) is 4.78. The highest BCUT2D eigenvalue weighted by atomic mass is 16.6. The van der Waals surface area contributed by atoms with Gasteiger partial charge in [-0.2, -0.15) is 0 Å². The number of amides is 1. The highest BCUT2D eigenvalue weighted by molar-refractivity contribution is 5.94. The minimum absolute atomic E-state index is 0.278. The fourth-order valence-corrected chi connectivity index (χ4v) is 2.87. The first-order valence-electron chi connectivity index (χ1n) is 7.05. The SMILES string of the molecule is CCCN1CCC(=O)C12CN(C(=O)OC(C)(C)C)C2. The van der Waals surface area contributed by atoms with Crippen LogP contribution in [0.5, 0.6) is 0 Å². The first-order valence-corrected chi connectivity index (χ1v) is 7.05. The molecule has 108 valence electrons. The second-order valence-corrected chi connectivity index (χ2v) is 6.53. The summed E-state index contributed by atoms with van der Waals surface area (Å²) < 4.78 is 5.33. The van der Waals surface area contributed by atoms with Crippen molar-refractivity contribution in [1.82, 2.24) is 9.80 Å². The summed E-state index contributed by atoms with van der Waals surface area (Å²) in [6, 6.07) is 0. The van der Waals surface area contributed by atoms with E-state index in [0.29, 0.717) is 19.5 Å². The van der Waals surface area contributed by atoms with Crippen LogP contribution in [0, 0.1) is 0 Å². The van der Waals surface area contributed by atoms with Crippen LogP contribution in [0.25, 0.3) is 0 Å². The van der Waals surface area contributed by atoms with Gasteiger partial charge >= 0.3 is 6.09 Å². The Labute approximate surface area is 114 Å². The maximum Gasteiger partial charge on any atom is 0.410 e. The van der Waals surface area contributed by atoms with E-state index in [4.69, 9.17) is 4.74 Å². The molecule has 2 heterocycles. The maximum atomic E-state index is 12.1. The number of hydrogen-bond donors (Lipinski definition) is 0. The average Bonchev–Trinajstić information content (AvgIpc) is 2.51. The Morgan fingerprint density at radius 3 is 2.53 bits per heavy atom. The fourth-order valence-electron chi connectivity index (χ4n) is 2.87. The molecule has 19 heavy (non-hydrogen) atoms. The predicted octanol–water partition coefficient (Wildman–Crippen LogP) is 1.66. The highest BCUT2D eigenvalue weighted by Gasteiger charge is 2.57. The van der Waals surface area contributed by atoms with E-state index in [-0.39, 0.29) is 11.9 Å². The highest BCUT2D eigenvalue weighted by Crippen LogP contribution is 2.35. The Hall–Kier alpha value is -1.10. The van der Waals surface area contributed by atoms with Gasteiger partial charge in [-0.15, -0.1) is 0 Å². The van der Waals surface area contributed by atoms with Crippen LogP contribution in [-0.2, 0) is 9.53 Å². The van der Waals surface area contributed by atoms with Crippen molar-refractivity contribution in [3.8, 4) is 0 Å². The molecule has 2 rings (SSSR count). The first-order chi connectivity index (χ1) is 8.78. The summed E-state index contributed by atoms with van der Waals surface area (Å²) in [5.74, 6) is 0.278. The van der Waals surface area contributed by atoms with Gasteiger partial charge in [-0.3, -0.25) is 9.69 Å². The molecule has 5 nitrogen and oxygen atoms in total. The van der Waals surface area contributed by atoms with Gasteiger partial charge in [0.05, 0.1) is 13.1 Å². The van der Waals surface area contributed by atoms with Gasteiger partial charge in [0.1, 0.15) is 11.1 Å². The Morgan fingerprint density at radius 2 is 2.00 bits per heavy atom. The standard InChI is InChI=1S/C14H24N2O3/c1-5-7-16-8-6-11(17)14(16)9-15(10-14)12(18)19-13(2,3)4/h5-10H2,1-4H3. The number of rotatable bonds is 2. The summed E-state index contributed by atoms with van der Waals surface area (Å²) in [4.78, 5) is 27.9. The lowest BCUT2D eigenvalue weighted by atomic mass is 9.86. The van der Waals surface area contributed by atoms with Crippen molar-refractivity contribution in [1.29, 1.82) is 0 Å². The molecule has 5 heteroatoms. The Bertz CT molecular complexity index is 381. The van der Waals surface area contributed by atoms with Crippen LogP contribution < -0.4 is 0 Å². The molecule has 0 N–H and O–H groups in total. The summed E-state index contributed by atoms with van der Waals surface area (Å²) >= 11 is 0. The van der Waals surface area contributed by atoms with E-state index in [1.54, 1.807) is 4.90 Å². The van der Waals surface area contributed by atoms with Gasteiger partial charge in [-0.05, 0) is 33.7 Å². The third kappa shape index (κ3) is 2.61. The Balaban J connectivity index is 1.96. The summed E-state index contributed by atoms with van der Waals surface area (Å²) in [7, 11) is 0. The van der Waals surface area contributed by atoms with Crippen LogP contribution in [-0.4, -0.2) is 59.0 Å². The van der Waals surface area contributed by atoms with Gasteiger partial charge in [0, 0.05) is 13.0 Å². The van der Waals surface area contributed by atoms with Crippen molar-refractivity contribution in [2.75, 3.05) is 26.2 Å². The third-order valence-electron chi connectivity index (χ3n) is 3.78. The largest absolute Gasteiger partial charge is 0.444 e. The first kappa shape index (κ1) is 14.3. The molecule has 0 saturated carbocycles. The predicted molar refractivity (Wildman–Crippen MR) is 72.0 cm³/mol. The minimum atomic E-state index is -0.484. The Morgan fingerprint density at radius 1 is 1.37 bits per heavy atom. The van der Waals surface area contributed by atoms with Crippen molar-refractivity contribution in [2.45, 2.75) is 51.7 Å². The fraction of sp³-hybridized carbons (Fsp3) is 0.857. The summed E-state index contributed by atoms with van der Waals surface area (Å²) in [5.41, 5.74) is -0.893. The number of ketones is 1. The molecule has 0 aromatic heterocycles. The maximum absolute atomic E-state index is 12.1. The number of Topliss-reactive ketones (excluding diaryl/α,β-unsaturated/α-hetero) is 1. The lowest BCUT2D eigenvalue weighted by Gasteiger charge is -2.51. The number of carbonyl (C=O) groups is 2. The van der Waals surface area contributed by atoms with E-state index in [9.17, 15) is 9.59 Å². The van der Waals surface area contributed by atoms with Gasteiger partial charge in [0.15, 0.2) is 5.78 Å². The monoisotopic (exact) mass is 268 g/mol. The van der Waals surface area contributed by atoms with Crippen molar-refractivity contribution < 1.29 is 14.3 Å². The van der Waals surface area contributed by atoms with Crippen LogP contribution >= 0.6 is 0 Å². The van der Waals surface area contributed by atoms with Gasteiger partial charge in [0.25, 0.3) is 0 Å². The Kier molecular flexibility index (Phi) is 3.60. The molecule has 2 aliphatic rings. The summed E-state index contributed by atoms with van der Waals surface area (Å²) in [6.45, 7) is 10.4. The number of hydrogen-bond acceptors (Lipinski definition) is 4. The van der Waals surface area contributed by atoms with E-state index >= 15 is 0 Å². The van der Waals surface area contributed by atoms with Crippen molar-refractivity contribution in [2.24, 2.45) is 0 Å². The van der Waals surface area contributed by atoms with Crippen LogP contribution in [0.3, 0.4) is 0 Å². The molecule has 0 radical (unpaired) electrons. The van der Waals surface area contributed by atoms with E-state index in [1.807, 2.05) is 20.8 Å². The quantitative estimate of drug-likeness (QED) is 0.764. The van der Waals surface area contributed by atoms with Gasteiger partial charge < -0.3 is 9.64 Å². The molecular formula is C14H24N2O3. The van der Waals surface area contributed by atoms with Crippen molar-refractivity contribution in [3.05, 3.63) is 0 Å². The lowest BCUT2D eigenvalue weighted by Crippen LogP contribution is -2.72. The van der Waals surface area contributed by atoms with E-state index in [0.717, 1.165) is 19.5 Å². The molecule has 0 aromatic carbocycles. The molecule has 0 aliphatic carbocycles. The second-order valence-electron chi connectivity index (χ2n) is 6.53. The van der Waals surface area contributed by atoms with E-state index in [2.05, 4.69) is 11.8 Å². The summed E-state index contributed by atoms with van der Waals surface area (Å²) in [5, 5.41) is 0. The number of carbonyl (C=O) groups excluding carboxylic acids is 2. The van der Waals surface area contributed by atoms with Crippen molar-refractivity contribution >= 4 is 11.9 Å². The average molecular weight is 268 g/mol. The third-order valence-corrected chi connectivity index (χ3v) is 3.78. The van der Waals surface area contributed by atoms with Gasteiger partial charge in [0.2, 0.25) is 0 Å².